The molecule has 4 nitrogen and oxygen atoms in total. The molecule has 1 heterocycles. The van der Waals surface area contributed by atoms with Crippen molar-refractivity contribution in [2.45, 2.75) is 13.3 Å². The molecular formula is C18H16Br2N2O2. The minimum Gasteiger partial charge on any atom is -0.326 e. The third-order valence-electron chi connectivity index (χ3n) is 4.08. The van der Waals surface area contributed by atoms with E-state index < -0.39 is 0 Å². The second kappa shape index (κ2) is 7.07. The Morgan fingerprint density at radius 1 is 1.12 bits per heavy atom. The average molecular weight is 452 g/mol. The van der Waals surface area contributed by atoms with Gasteiger partial charge < -0.3 is 10.2 Å². The quantitative estimate of drug-likeness (QED) is 0.746. The summed E-state index contributed by atoms with van der Waals surface area (Å²) in [4.78, 5) is 26.5. The molecule has 24 heavy (non-hydrogen) atoms. The van der Waals surface area contributed by atoms with E-state index >= 15 is 0 Å². The molecule has 1 atom stereocenters. The van der Waals surface area contributed by atoms with Crippen molar-refractivity contribution >= 4 is 55.0 Å². The van der Waals surface area contributed by atoms with Crippen LogP contribution in [0.25, 0.3) is 0 Å². The summed E-state index contributed by atoms with van der Waals surface area (Å²) >= 11 is 6.79. The minimum atomic E-state index is -0.343. The molecule has 2 aromatic rings. The lowest BCUT2D eigenvalue weighted by molar-refractivity contribution is -0.122. The molecule has 0 spiro atoms. The van der Waals surface area contributed by atoms with Gasteiger partial charge in [0.1, 0.15) is 0 Å². The highest BCUT2D eigenvalue weighted by Gasteiger charge is 2.35. The van der Waals surface area contributed by atoms with Gasteiger partial charge in [0, 0.05) is 33.3 Å². The van der Waals surface area contributed by atoms with Crippen molar-refractivity contribution in [1.29, 1.82) is 0 Å². The van der Waals surface area contributed by atoms with Gasteiger partial charge in [0.2, 0.25) is 11.8 Å². The molecule has 0 radical (unpaired) electrons. The van der Waals surface area contributed by atoms with E-state index in [1.165, 1.54) is 0 Å². The maximum absolute atomic E-state index is 12.5. The lowest BCUT2D eigenvalue weighted by Gasteiger charge is -2.17. The summed E-state index contributed by atoms with van der Waals surface area (Å²) in [6.45, 7) is 2.34. The van der Waals surface area contributed by atoms with E-state index in [2.05, 4.69) is 37.2 Å². The number of benzene rings is 2. The summed E-state index contributed by atoms with van der Waals surface area (Å²) in [5.74, 6) is -0.484. The van der Waals surface area contributed by atoms with Gasteiger partial charge in [-0.25, -0.2) is 0 Å². The van der Waals surface area contributed by atoms with Gasteiger partial charge in [0.15, 0.2) is 0 Å². The number of carbonyl (C=O) groups excluding carboxylic acids is 2. The molecule has 1 fully saturated rings. The van der Waals surface area contributed by atoms with E-state index in [4.69, 9.17) is 0 Å². The maximum atomic E-state index is 12.5. The number of anilines is 2. The van der Waals surface area contributed by atoms with Gasteiger partial charge in [-0.2, -0.15) is 0 Å². The van der Waals surface area contributed by atoms with Gasteiger partial charge in [0.25, 0.3) is 0 Å². The topological polar surface area (TPSA) is 49.4 Å². The third kappa shape index (κ3) is 3.70. The zero-order valence-electron chi connectivity index (χ0n) is 13.1. The molecule has 2 amide bonds. The summed E-state index contributed by atoms with van der Waals surface area (Å²) in [6, 6.07) is 13.2. The number of aryl methyl sites for hydroxylation is 1. The third-order valence-corrected chi connectivity index (χ3v) is 5.10. The van der Waals surface area contributed by atoms with E-state index in [1.54, 1.807) is 4.90 Å². The molecule has 0 saturated carbocycles. The summed E-state index contributed by atoms with van der Waals surface area (Å²) < 4.78 is 1.92. The van der Waals surface area contributed by atoms with Gasteiger partial charge in [-0.15, -0.1) is 0 Å². The van der Waals surface area contributed by atoms with E-state index in [0.29, 0.717) is 6.54 Å². The first kappa shape index (κ1) is 17.2. The molecule has 3 rings (SSSR count). The van der Waals surface area contributed by atoms with Gasteiger partial charge in [-0.1, -0.05) is 31.9 Å². The Bertz CT molecular complexity index is 790. The molecule has 0 aromatic heterocycles. The van der Waals surface area contributed by atoms with Crippen LogP contribution in [0.1, 0.15) is 12.0 Å². The minimum absolute atomic E-state index is 0.0231. The van der Waals surface area contributed by atoms with Gasteiger partial charge >= 0.3 is 0 Å². The molecule has 0 aliphatic carbocycles. The van der Waals surface area contributed by atoms with E-state index in [0.717, 1.165) is 25.9 Å². The normalized spacial score (nSPS) is 17.2. The van der Waals surface area contributed by atoms with Crippen LogP contribution in [-0.4, -0.2) is 18.4 Å². The molecule has 1 saturated heterocycles. The number of carbonyl (C=O) groups is 2. The second-order valence-corrected chi connectivity index (χ2v) is 7.66. The van der Waals surface area contributed by atoms with Crippen molar-refractivity contribution in [1.82, 2.24) is 0 Å². The summed E-state index contributed by atoms with van der Waals surface area (Å²) in [6.07, 6.45) is 0.234. The van der Waals surface area contributed by atoms with Crippen LogP contribution < -0.4 is 10.2 Å². The molecule has 2 aromatic carbocycles. The van der Waals surface area contributed by atoms with Crippen molar-refractivity contribution in [3.63, 3.8) is 0 Å². The number of rotatable bonds is 3. The van der Waals surface area contributed by atoms with E-state index in [9.17, 15) is 9.59 Å². The van der Waals surface area contributed by atoms with Crippen molar-refractivity contribution in [3.8, 4) is 0 Å². The number of halogens is 2. The molecular weight excluding hydrogens is 436 g/mol. The largest absolute Gasteiger partial charge is 0.326 e. The zero-order valence-corrected chi connectivity index (χ0v) is 16.2. The number of hydrogen-bond donors (Lipinski definition) is 1. The lowest BCUT2D eigenvalue weighted by atomic mass is 10.1. The average Bonchev–Trinajstić information content (AvgIpc) is 2.93. The molecule has 0 bridgehead atoms. The predicted octanol–water partition coefficient (Wildman–Crippen LogP) is 4.51. The smallest absolute Gasteiger partial charge is 0.229 e. The Morgan fingerprint density at radius 2 is 1.79 bits per heavy atom. The Kier molecular flexibility index (Phi) is 5.06. The SMILES string of the molecule is Cc1cc(Br)ccc1NC(=O)[C@@H]1CC(=O)N(c2ccc(Br)cc2)C1. The number of nitrogens with zero attached hydrogens (tertiary/aromatic N) is 1. The van der Waals surface area contributed by atoms with Crippen LogP contribution in [0.4, 0.5) is 11.4 Å². The standard InChI is InChI=1S/C18H16Br2N2O2/c1-11-8-14(20)4-7-16(11)21-18(24)12-9-17(23)22(10-12)15-5-2-13(19)3-6-15/h2-8,12H,9-10H2,1H3,(H,21,24)/t12-/m1/s1. The number of hydrogen-bond acceptors (Lipinski definition) is 2. The second-order valence-electron chi connectivity index (χ2n) is 5.83. The highest BCUT2D eigenvalue weighted by molar-refractivity contribution is 9.10. The van der Waals surface area contributed by atoms with Crippen LogP contribution in [0.3, 0.4) is 0 Å². The Morgan fingerprint density at radius 3 is 2.46 bits per heavy atom. The summed E-state index contributed by atoms with van der Waals surface area (Å²) in [7, 11) is 0. The summed E-state index contributed by atoms with van der Waals surface area (Å²) in [5, 5.41) is 2.93. The van der Waals surface area contributed by atoms with Gasteiger partial charge in [0.05, 0.1) is 5.92 Å². The number of nitrogens with one attached hydrogen (secondary N) is 1. The molecule has 1 aliphatic rings. The van der Waals surface area contributed by atoms with E-state index in [1.807, 2.05) is 49.4 Å². The van der Waals surface area contributed by atoms with Crippen molar-refractivity contribution < 1.29 is 9.59 Å². The molecule has 0 unspecified atom stereocenters. The van der Waals surface area contributed by atoms with Gasteiger partial charge in [-0.3, -0.25) is 9.59 Å². The van der Waals surface area contributed by atoms with E-state index in [-0.39, 0.29) is 24.2 Å². The zero-order chi connectivity index (χ0) is 17.3. The van der Waals surface area contributed by atoms with Gasteiger partial charge in [-0.05, 0) is 55.0 Å². The predicted molar refractivity (Wildman–Crippen MR) is 102 cm³/mol. The van der Waals surface area contributed by atoms with Crippen LogP contribution in [0, 0.1) is 12.8 Å². The lowest BCUT2D eigenvalue weighted by Crippen LogP contribution is -2.28. The van der Waals surface area contributed by atoms with Crippen LogP contribution in [0.15, 0.2) is 51.4 Å². The van der Waals surface area contributed by atoms with Crippen molar-refractivity contribution in [3.05, 3.63) is 57.0 Å². The van der Waals surface area contributed by atoms with Crippen LogP contribution >= 0.6 is 31.9 Å². The highest BCUT2D eigenvalue weighted by Crippen LogP contribution is 2.28. The molecule has 1 aliphatic heterocycles. The first-order valence-corrected chi connectivity index (χ1v) is 9.15. The van der Waals surface area contributed by atoms with Crippen LogP contribution in [0.5, 0.6) is 0 Å². The van der Waals surface area contributed by atoms with Crippen molar-refractivity contribution in [2.75, 3.05) is 16.8 Å². The monoisotopic (exact) mass is 450 g/mol. The molecule has 1 N–H and O–H groups in total. The number of amides is 2. The Labute approximate surface area is 157 Å². The van der Waals surface area contributed by atoms with Crippen LogP contribution in [0.2, 0.25) is 0 Å². The maximum Gasteiger partial charge on any atom is 0.229 e. The van der Waals surface area contributed by atoms with Crippen LogP contribution in [-0.2, 0) is 9.59 Å². The van der Waals surface area contributed by atoms with Crippen molar-refractivity contribution in [2.24, 2.45) is 5.92 Å². The molecule has 6 heteroatoms. The highest BCUT2D eigenvalue weighted by atomic mass is 79.9. The Hall–Kier alpha value is -1.66. The first-order valence-electron chi connectivity index (χ1n) is 7.57. The fourth-order valence-electron chi connectivity index (χ4n) is 2.76. The fourth-order valence-corrected chi connectivity index (χ4v) is 3.50. The molecule has 124 valence electrons. The first-order chi connectivity index (χ1) is 11.4. The Balaban J connectivity index is 1.70. The summed E-state index contributed by atoms with van der Waals surface area (Å²) in [5.41, 5.74) is 2.57. The fraction of sp³-hybridized carbons (Fsp3) is 0.222.